The Morgan fingerprint density at radius 1 is 0.667 bits per heavy atom. The first-order valence-corrected chi connectivity index (χ1v) is 13.8. The molecule has 0 N–H and O–H groups in total. The molecule has 190 valence electrons. The predicted molar refractivity (Wildman–Crippen MR) is 149 cm³/mol. The summed E-state index contributed by atoms with van der Waals surface area (Å²) in [5.74, 6) is 0.865. The minimum absolute atomic E-state index is 0.743. The van der Waals surface area contributed by atoms with Crippen LogP contribution in [-0.2, 0) is 17.6 Å². The summed E-state index contributed by atoms with van der Waals surface area (Å²) in [4.78, 5) is 0. The number of fused-ring (bicyclic) bond motifs is 7. The zero-order chi connectivity index (χ0) is 24.9. The Hall–Kier alpha value is -2.98. The molecule has 3 aromatic carbocycles. The van der Waals surface area contributed by atoms with E-state index < -0.39 is 0 Å². The Labute approximate surface area is 213 Å². The number of hydrogen-bond acceptors (Lipinski definition) is 4. The second-order valence-electron chi connectivity index (χ2n) is 9.79. The summed E-state index contributed by atoms with van der Waals surface area (Å²) in [6.07, 6.45) is 8.78. The first kappa shape index (κ1) is 24.7. The van der Waals surface area contributed by atoms with E-state index in [0.29, 0.717) is 0 Å². The molecule has 4 heteroatoms. The van der Waals surface area contributed by atoms with Gasteiger partial charge in [-0.05, 0) is 67.5 Å². The molecule has 0 bridgehead atoms. The lowest BCUT2D eigenvalue weighted by atomic mass is 10.00. The van der Waals surface area contributed by atoms with Crippen molar-refractivity contribution in [2.45, 2.75) is 72.1 Å². The lowest BCUT2D eigenvalue weighted by Gasteiger charge is -2.05. The van der Waals surface area contributed by atoms with Crippen molar-refractivity contribution in [3.8, 4) is 5.75 Å². The summed E-state index contributed by atoms with van der Waals surface area (Å²) in [7, 11) is 0. The summed E-state index contributed by atoms with van der Waals surface area (Å²) in [6, 6.07) is 15.1. The molecule has 0 saturated heterocycles. The van der Waals surface area contributed by atoms with Crippen molar-refractivity contribution >= 4 is 43.9 Å². The summed E-state index contributed by atoms with van der Waals surface area (Å²) in [5.41, 5.74) is 6.00. The van der Waals surface area contributed by atoms with E-state index in [-0.39, 0.29) is 0 Å². The van der Waals surface area contributed by atoms with Crippen molar-refractivity contribution in [2.75, 3.05) is 19.8 Å². The van der Waals surface area contributed by atoms with Gasteiger partial charge in [0, 0.05) is 40.8 Å². The molecule has 36 heavy (non-hydrogen) atoms. The van der Waals surface area contributed by atoms with Crippen LogP contribution in [0.3, 0.4) is 0 Å². The largest absolute Gasteiger partial charge is 0.493 e. The summed E-state index contributed by atoms with van der Waals surface area (Å²) in [5, 5.41) is 4.54. The van der Waals surface area contributed by atoms with Gasteiger partial charge < -0.3 is 18.3 Å². The van der Waals surface area contributed by atoms with Crippen molar-refractivity contribution in [2.24, 2.45) is 0 Å². The zero-order valence-corrected chi connectivity index (χ0v) is 22.0. The Balaban J connectivity index is 1.48. The minimum atomic E-state index is 0.743. The standard InChI is InChI=1S/C32H38O4/c1-4-7-8-9-18-34-24-13-15-26-29(21-24)36-32-30(26)23(6-3)20-27-25-14-12-22(11-10-17-33-16-5-2)19-28(25)35-31(27)32/h12-15,19-21H,4-11,16-18H2,1-3H3. The second-order valence-corrected chi connectivity index (χ2v) is 9.79. The Bertz CT molecular complexity index is 1460. The van der Waals surface area contributed by atoms with E-state index in [9.17, 15) is 0 Å². The van der Waals surface area contributed by atoms with Crippen molar-refractivity contribution in [3.63, 3.8) is 0 Å². The molecular weight excluding hydrogens is 448 g/mol. The predicted octanol–water partition coefficient (Wildman–Crippen LogP) is 9.37. The van der Waals surface area contributed by atoms with Gasteiger partial charge in [0.25, 0.3) is 0 Å². The number of furan rings is 2. The highest BCUT2D eigenvalue weighted by molar-refractivity contribution is 6.20. The fraction of sp³-hybridized carbons (Fsp3) is 0.438. The van der Waals surface area contributed by atoms with Crippen molar-refractivity contribution in [1.82, 2.24) is 0 Å². The fourth-order valence-corrected chi connectivity index (χ4v) is 5.14. The number of hydrogen-bond donors (Lipinski definition) is 0. The van der Waals surface area contributed by atoms with Crippen LogP contribution in [0.15, 0.2) is 51.3 Å². The van der Waals surface area contributed by atoms with Gasteiger partial charge in [-0.2, -0.15) is 0 Å². The fourth-order valence-electron chi connectivity index (χ4n) is 5.14. The zero-order valence-electron chi connectivity index (χ0n) is 22.0. The van der Waals surface area contributed by atoms with Gasteiger partial charge in [-0.15, -0.1) is 0 Å². The van der Waals surface area contributed by atoms with Crippen molar-refractivity contribution < 1.29 is 18.3 Å². The van der Waals surface area contributed by atoms with Gasteiger partial charge >= 0.3 is 0 Å². The van der Waals surface area contributed by atoms with Crippen LogP contribution in [0.1, 0.15) is 70.4 Å². The van der Waals surface area contributed by atoms with Crippen LogP contribution < -0.4 is 4.74 Å². The van der Waals surface area contributed by atoms with Crippen molar-refractivity contribution in [1.29, 1.82) is 0 Å². The molecule has 5 aromatic rings. The van der Waals surface area contributed by atoms with Gasteiger partial charge in [0.2, 0.25) is 0 Å². The summed E-state index contributed by atoms with van der Waals surface area (Å²) >= 11 is 0. The van der Waals surface area contributed by atoms with Crippen LogP contribution in [0.2, 0.25) is 0 Å². The number of aryl methyl sites for hydroxylation is 2. The molecule has 0 radical (unpaired) electrons. The lowest BCUT2D eigenvalue weighted by molar-refractivity contribution is 0.132. The number of ether oxygens (including phenoxy) is 2. The molecule has 2 aromatic heterocycles. The van der Waals surface area contributed by atoms with Crippen molar-refractivity contribution in [3.05, 3.63) is 53.6 Å². The SMILES string of the molecule is CCCCCCOc1ccc2c(c1)oc1c3oc4cc(CCCOCCC)ccc4c3cc(CC)c21. The number of rotatable bonds is 13. The van der Waals surface area contributed by atoms with Crippen LogP contribution in [0.25, 0.3) is 43.9 Å². The quantitative estimate of drug-likeness (QED) is 0.155. The van der Waals surface area contributed by atoms with E-state index in [0.717, 1.165) is 102 Å². The highest BCUT2D eigenvalue weighted by Gasteiger charge is 2.19. The molecule has 0 unspecified atom stereocenters. The minimum Gasteiger partial charge on any atom is -0.493 e. The van der Waals surface area contributed by atoms with Gasteiger partial charge in [-0.3, -0.25) is 0 Å². The van der Waals surface area contributed by atoms with E-state index >= 15 is 0 Å². The monoisotopic (exact) mass is 486 g/mol. The molecule has 0 atom stereocenters. The molecule has 0 amide bonds. The molecule has 0 aliphatic heterocycles. The maximum absolute atomic E-state index is 6.47. The van der Waals surface area contributed by atoms with Gasteiger partial charge in [0.05, 0.1) is 6.61 Å². The number of unbranched alkanes of at least 4 members (excludes halogenated alkanes) is 3. The second kappa shape index (κ2) is 11.4. The molecule has 5 rings (SSSR count). The highest BCUT2D eigenvalue weighted by atomic mass is 16.5. The maximum atomic E-state index is 6.47. The van der Waals surface area contributed by atoms with Crippen LogP contribution >= 0.6 is 0 Å². The Kier molecular flexibility index (Phi) is 7.81. The maximum Gasteiger partial charge on any atom is 0.178 e. The number of benzene rings is 3. The van der Waals surface area contributed by atoms with Crippen LogP contribution in [0.5, 0.6) is 5.75 Å². The first-order chi connectivity index (χ1) is 17.7. The molecule has 0 aliphatic carbocycles. The van der Waals surface area contributed by atoms with Crippen LogP contribution in [0, 0.1) is 0 Å². The Morgan fingerprint density at radius 3 is 2.33 bits per heavy atom. The van der Waals surface area contributed by atoms with E-state index in [2.05, 4.69) is 57.2 Å². The first-order valence-electron chi connectivity index (χ1n) is 13.8. The van der Waals surface area contributed by atoms with E-state index in [1.807, 2.05) is 6.07 Å². The molecule has 0 saturated carbocycles. The highest BCUT2D eigenvalue weighted by Crippen LogP contribution is 2.41. The molecule has 2 heterocycles. The van der Waals surface area contributed by atoms with Gasteiger partial charge in [0.1, 0.15) is 16.9 Å². The summed E-state index contributed by atoms with van der Waals surface area (Å²) < 4.78 is 24.6. The van der Waals surface area contributed by atoms with E-state index in [4.69, 9.17) is 18.3 Å². The van der Waals surface area contributed by atoms with Crippen LogP contribution in [0.4, 0.5) is 0 Å². The average Bonchev–Trinajstić information content (AvgIpc) is 3.45. The van der Waals surface area contributed by atoms with Gasteiger partial charge in [-0.1, -0.05) is 52.2 Å². The lowest BCUT2D eigenvalue weighted by Crippen LogP contribution is -1.97. The third-order valence-corrected chi connectivity index (χ3v) is 7.05. The van der Waals surface area contributed by atoms with E-state index in [1.54, 1.807) is 0 Å². The molecule has 0 fully saturated rings. The average molecular weight is 487 g/mol. The Morgan fingerprint density at radius 2 is 1.50 bits per heavy atom. The third kappa shape index (κ3) is 4.97. The van der Waals surface area contributed by atoms with E-state index in [1.165, 1.54) is 30.4 Å². The topological polar surface area (TPSA) is 44.7 Å². The van der Waals surface area contributed by atoms with Crippen LogP contribution in [-0.4, -0.2) is 19.8 Å². The smallest absolute Gasteiger partial charge is 0.178 e. The van der Waals surface area contributed by atoms with Gasteiger partial charge in [0.15, 0.2) is 11.2 Å². The third-order valence-electron chi connectivity index (χ3n) is 7.05. The van der Waals surface area contributed by atoms with Gasteiger partial charge in [-0.25, -0.2) is 0 Å². The molecule has 4 nitrogen and oxygen atoms in total. The normalized spacial score (nSPS) is 12.0. The molecule has 0 aliphatic rings. The molecular formula is C32H38O4. The summed E-state index contributed by atoms with van der Waals surface area (Å²) in [6.45, 7) is 8.95. The molecule has 0 spiro atoms.